The average Bonchev–Trinajstić information content (AvgIpc) is 2.25. The molecule has 0 aliphatic carbocycles. The lowest BCUT2D eigenvalue weighted by molar-refractivity contribution is 0.464. The molecular weight excluding hydrogens is 222 g/mol. The minimum atomic E-state index is -1.62. The van der Waals surface area contributed by atoms with Crippen LogP contribution in [0.2, 0.25) is 12.1 Å². The fourth-order valence-corrected chi connectivity index (χ4v) is 7.45. The van der Waals surface area contributed by atoms with E-state index >= 15 is 0 Å². The van der Waals surface area contributed by atoms with E-state index < -0.39 is 7.55 Å². The molecular formula is C12H28ClNSi. The molecule has 15 heavy (non-hydrogen) atoms. The van der Waals surface area contributed by atoms with E-state index in [1.165, 1.54) is 37.8 Å². The van der Waals surface area contributed by atoms with Gasteiger partial charge in [0.25, 0.3) is 0 Å². The van der Waals surface area contributed by atoms with Crippen molar-refractivity contribution in [1.82, 2.24) is 4.57 Å². The van der Waals surface area contributed by atoms with Gasteiger partial charge in [-0.05, 0) is 25.2 Å². The van der Waals surface area contributed by atoms with Crippen LogP contribution in [0.25, 0.3) is 0 Å². The third-order valence-electron chi connectivity index (χ3n) is 3.16. The van der Waals surface area contributed by atoms with Crippen molar-refractivity contribution in [2.24, 2.45) is 0 Å². The molecule has 0 atom stereocenters. The summed E-state index contributed by atoms with van der Waals surface area (Å²) < 4.78 is 2.56. The average molecular weight is 250 g/mol. The van der Waals surface area contributed by atoms with Gasteiger partial charge in [0, 0.05) is 0 Å². The Morgan fingerprint density at radius 3 is 1.53 bits per heavy atom. The number of hydrogen-bond acceptors (Lipinski definition) is 1. The minimum Gasteiger partial charge on any atom is -0.312 e. The van der Waals surface area contributed by atoms with Crippen LogP contribution in [0.15, 0.2) is 0 Å². The molecule has 0 aromatic carbocycles. The molecule has 0 bridgehead atoms. The predicted octanol–water partition coefficient (Wildman–Crippen LogP) is 4.61. The van der Waals surface area contributed by atoms with Gasteiger partial charge in [-0.2, -0.15) is 0 Å². The molecule has 3 heteroatoms. The molecule has 0 aromatic heterocycles. The first-order valence-corrected chi connectivity index (χ1v) is 9.95. The summed E-state index contributed by atoms with van der Waals surface area (Å²) in [5, 5.41) is 0. The number of halogens is 1. The van der Waals surface area contributed by atoms with Crippen molar-refractivity contribution in [2.75, 3.05) is 13.1 Å². The third kappa shape index (κ3) is 5.37. The molecule has 0 saturated heterocycles. The van der Waals surface area contributed by atoms with Crippen LogP contribution >= 0.6 is 11.1 Å². The Balaban J connectivity index is 4.35. The monoisotopic (exact) mass is 249 g/mol. The van der Waals surface area contributed by atoms with Crippen molar-refractivity contribution in [3.05, 3.63) is 0 Å². The molecule has 0 aliphatic heterocycles. The van der Waals surface area contributed by atoms with E-state index in [1.807, 2.05) is 0 Å². The summed E-state index contributed by atoms with van der Waals surface area (Å²) in [6, 6.07) is 2.54. The Morgan fingerprint density at radius 1 is 0.867 bits per heavy atom. The highest BCUT2D eigenvalue weighted by Crippen LogP contribution is 2.29. The second-order valence-corrected chi connectivity index (χ2v) is 9.88. The van der Waals surface area contributed by atoms with Gasteiger partial charge in [-0.3, -0.25) is 0 Å². The van der Waals surface area contributed by atoms with E-state index in [-0.39, 0.29) is 0 Å². The van der Waals surface area contributed by atoms with Crippen LogP contribution in [-0.2, 0) is 0 Å². The van der Waals surface area contributed by atoms with Gasteiger partial charge in [0.1, 0.15) is 0 Å². The summed E-state index contributed by atoms with van der Waals surface area (Å²) in [4.78, 5) is 0. The summed E-state index contributed by atoms with van der Waals surface area (Å²) in [6.07, 6.45) is 5.15. The predicted molar refractivity (Wildman–Crippen MR) is 74.0 cm³/mol. The van der Waals surface area contributed by atoms with Gasteiger partial charge >= 0.3 is 0 Å². The summed E-state index contributed by atoms with van der Waals surface area (Å²) in [6.45, 7) is 11.2. The fraction of sp³-hybridized carbons (Fsp3) is 1.00. The van der Waals surface area contributed by atoms with Gasteiger partial charge < -0.3 is 4.57 Å². The van der Waals surface area contributed by atoms with E-state index in [1.54, 1.807) is 0 Å². The van der Waals surface area contributed by atoms with E-state index in [4.69, 9.17) is 11.1 Å². The minimum absolute atomic E-state index is 1.12. The van der Waals surface area contributed by atoms with Crippen molar-refractivity contribution in [2.45, 2.75) is 65.5 Å². The highest BCUT2D eigenvalue weighted by molar-refractivity contribution is 7.18. The zero-order valence-corrected chi connectivity index (χ0v) is 12.7. The molecule has 0 amide bonds. The maximum atomic E-state index is 6.93. The third-order valence-corrected chi connectivity index (χ3v) is 9.01. The van der Waals surface area contributed by atoms with E-state index in [9.17, 15) is 0 Å². The number of nitrogens with zero attached hydrogens (tertiary/aromatic N) is 1. The molecule has 1 nitrogen and oxygen atoms in total. The maximum absolute atomic E-state index is 6.93. The molecule has 0 saturated carbocycles. The first-order valence-electron chi connectivity index (χ1n) is 6.58. The molecule has 0 heterocycles. The van der Waals surface area contributed by atoms with E-state index in [2.05, 4.69) is 32.3 Å². The van der Waals surface area contributed by atoms with Gasteiger partial charge in [0.05, 0.1) is 0 Å². The highest BCUT2D eigenvalue weighted by Gasteiger charge is 2.34. The molecule has 0 unspecified atom stereocenters. The molecule has 0 aliphatic rings. The molecule has 0 radical (unpaired) electrons. The number of rotatable bonds is 9. The molecule has 0 aromatic rings. The molecule has 92 valence electrons. The van der Waals surface area contributed by atoms with Crippen LogP contribution in [0.5, 0.6) is 0 Å². The second kappa shape index (κ2) is 8.60. The Morgan fingerprint density at radius 2 is 1.27 bits per heavy atom. The quantitative estimate of drug-likeness (QED) is 0.426. The van der Waals surface area contributed by atoms with Crippen LogP contribution in [-0.4, -0.2) is 25.2 Å². The lowest BCUT2D eigenvalue weighted by Gasteiger charge is -2.36. The van der Waals surface area contributed by atoms with Crippen LogP contribution < -0.4 is 0 Å². The highest BCUT2D eigenvalue weighted by atomic mass is 35.6. The Bertz CT molecular complexity index is 141. The second-order valence-electron chi connectivity index (χ2n) is 4.30. The van der Waals surface area contributed by atoms with Crippen molar-refractivity contribution < 1.29 is 0 Å². The topological polar surface area (TPSA) is 3.24 Å². The van der Waals surface area contributed by atoms with Crippen LogP contribution in [0.4, 0.5) is 0 Å². The van der Waals surface area contributed by atoms with Crippen LogP contribution in [0.1, 0.15) is 53.4 Å². The van der Waals surface area contributed by atoms with Gasteiger partial charge in [-0.1, -0.05) is 53.4 Å². The van der Waals surface area contributed by atoms with Crippen molar-refractivity contribution >= 4 is 18.6 Å². The lowest BCUT2D eigenvalue weighted by Crippen LogP contribution is -2.48. The Kier molecular flexibility index (Phi) is 8.87. The maximum Gasteiger partial charge on any atom is 0.229 e. The van der Waals surface area contributed by atoms with E-state index in [0.717, 1.165) is 13.1 Å². The van der Waals surface area contributed by atoms with Gasteiger partial charge in [-0.15, -0.1) is 11.1 Å². The summed E-state index contributed by atoms with van der Waals surface area (Å²) in [7, 11) is -1.62. The van der Waals surface area contributed by atoms with Gasteiger partial charge in [0.2, 0.25) is 7.55 Å². The van der Waals surface area contributed by atoms with Gasteiger partial charge in [0.15, 0.2) is 0 Å². The van der Waals surface area contributed by atoms with Crippen molar-refractivity contribution in [1.29, 1.82) is 0 Å². The standard InChI is InChI=1S/C12H28ClNSi/c1-5-9-11-15(13,12-10-6-2)14(7-3)8-4/h5-12H2,1-4H3. The molecule has 0 N–H and O–H groups in total. The summed E-state index contributed by atoms with van der Waals surface area (Å²) in [5.74, 6) is 0. The number of hydrogen-bond donors (Lipinski definition) is 0. The van der Waals surface area contributed by atoms with Gasteiger partial charge in [-0.25, -0.2) is 0 Å². The van der Waals surface area contributed by atoms with Crippen LogP contribution in [0, 0.1) is 0 Å². The largest absolute Gasteiger partial charge is 0.312 e. The normalized spacial score (nSPS) is 12.4. The Hall–Kier alpha value is 0.467. The summed E-state index contributed by atoms with van der Waals surface area (Å²) >= 11 is 6.93. The lowest BCUT2D eigenvalue weighted by atomic mass is 10.4. The molecule has 0 spiro atoms. The fourth-order valence-electron chi connectivity index (χ4n) is 2.13. The molecule has 0 rings (SSSR count). The zero-order chi connectivity index (χ0) is 11.7. The first-order chi connectivity index (χ1) is 7.14. The smallest absolute Gasteiger partial charge is 0.229 e. The van der Waals surface area contributed by atoms with Crippen LogP contribution in [0.3, 0.4) is 0 Å². The summed E-state index contributed by atoms with van der Waals surface area (Å²) in [5.41, 5.74) is 0. The van der Waals surface area contributed by atoms with E-state index in [0.29, 0.717) is 0 Å². The first kappa shape index (κ1) is 15.5. The number of unbranched alkanes of at least 4 members (excludes halogenated alkanes) is 2. The SMILES string of the molecule is CCCC[Si](Cl)(CCCC)N(CC)CC. The zero-order valence-electron chi connectivity index (χ0n) is 11.0. The molecule has 0 fully saturated rings. The van der Waals surface area contributed by atoms with Crippen molar-refractivity contribution in [3.63, 3.8) is 0 Å². The van der Waals surface area contributed by atoms with Crippen molar-refractivity contribution in [3.8, 4) is 0 Å². The Labute approximate surface area is 102 Å².